The highest BCUT2D eigenvalue weighted by molar-refractivity contribution is 5.81. The monoisotopic (exact) mass is 219 g/mol. The van der Waals surface area contributed by atoms with E-state index in [0.29, 0.717) is 6.54 Å². The van der Waals surface area contributed by atoms with Crippen LogP contribution in [0.1, 0.15) is 31.9 Å². The van der Waals surface area contributed by atoms with E-state index in [-0.39, 0.29) is 11.3 Å². The third-order valence-electron chi connectivity index (χ3n) is 2.49. The van der Waals surface area contributed by atoms with E-state index < -0.39 is 0 Å². The second kappa shape index (κ2) is 4.69. The van der Waals surface area contributed by atoms with Gasteiger partial charge in [0, 0.05) is 19.0 Å². The molecular weight excluding hydrogens is 198 g/mol. The second-order valence-corrected chi connectivity index (χ2v) is 5.40. The van der Waals surface area contributed by atoms with E-state index in [2.05, 4.69) is 25.1 Å². The van der Waals surface area contributed by atoms with Crippen molar-refractivity contribution >= 4 is 5.91 Å². The van der Waals surface area contributed by atoms with Crippen LogP contribution in [-0.2, 0) is 11.3 Å². The predicted octanol–water partition coefficient (Wildman–Crippen LogP) is 3.00. The number of carbonyl (C=O) groups is 1. The Hall–Kier alpha value is -1.31. The van der Waals surface area contributed by atoms with Crippen LogP contribution in [0.5, 0.6) is 0 Å². The molecule has 0 bridgehead atoms. The fourth-order valence-electron chi connectivity index (χ4n) is 1.73. The number of carbonyl (C=O) groups excluding carboxylic acids is 1. The summed E-state index contributed by atoms with van der Waals surface area (Å²) < 4.78 is 0. The van der Waals surface area contributed by atoms with Gasteiger partial charge in [-0.3, -0.25) is 4.79 Å². The molecule has 1 aromatic carbocycles. The Bertz CT molecular complexity index is 377. The lowest BCUT2D eigenvalue weighted by Gasteiger charge is -2.26. The van der Waals surface area contributed by atoms with Gasteiger partial charge in [0.15, 0.2) is 0 Å². The van der Waals surface area contributed by atoms with Gasteiger partial charge >= 0.3 is 0 Å². The van der Waals surface area contributed by atoms with E-state index in [4.69, 9.17) is 0 Å². The average molecular weight is 219 g/mol. The fraction of sp³-hybridized carbons (Fsp3) is 0.500. The van der Waals surface area contributed by atoms with Crippen LogP contribution in [0.15, 0.2) is 24.3 Å². The Morgan fingerprint density at radius 3 is 2.44 bits per heavy atom. The van der Waals surface area contributed by atoms with Gasteiger partial charge in [-0.1, -0.05) is 50.6 Å². The van der Waals surface area contributed by atoms with Gasteiger partial charge in [0.2, 0.25) is 5.91 Å². The van der Waals surface area contributed by atoms with Gasteiger partial charge in [0.1, 0.15) is 0 Å². The summed E-state index contributed by atoms with van der Waals surface area (Å²) >= 11 is 0. The van der Waals surface area contributed by atoms with Crippen LogP contribution in [0.3, 0.4) is 0 Å². The van der Waals surface area contributed by atoms with Gasteiger partial charge in [-0.15, -0.1) is 0 Å². The molecule has 16 heavy (non-hydrogen) atoms. The topological polar surface area (TPSA) is 20.3 Å². The van der Waals surface area contributed by atoms with Crippen molar-refractivity contribution in [1.82, 2.24) is 4.90 Å². The highest BCUT2D eigenvalue weighted by Gasteiger charge is 2.24. The van der Waals surface area contributed by atoms with Gasteiger partial charge in [-0.05, 0) is 12.5 Å². The molecule has 0 spiro atoms. The molecule has 0 aliphatic rings. The minimum atomic E-state index is -0.307. The first-order chi connectivity index (χ1) is 7.30. The van der Waals surface area contributed by atoms with Crippen LogP contribution < -0.4 is 0 Å². The van der Waals surface area contributed by atoms with Crippen LogP contribution in [0.4, 0.5) is 0 Å². The van der Waals surface area contributed by atoms with E-state index in [9.17, 15) is 4.79 Å². The van der Waals surface area contributed by atoms with Crippen LogP contribution in [0.2, 0.25) is 0 Å². The lowest BCUT2D eigenvalue weighted by Crippen LogP contribution is -2.36. The molecule has 0 unspecified atom stereocenters. The van der Waals surface area contributed by atoms with Crippen molar-refractivity contribution in [3.05, 3.63) is 35.4 Å². The van der Waals surface area contributed by atoms with Crippen LogP contribution in [-0.4, -0.2) is 17.9 Å². The summed E-state index contributed by atoms with van der Waals surface area (Å²) in [6.45, 7) is 8.58. The molecule has 0 aliphatic heterocycles. The minimum Gasteiger partial charge on any atom is -0.341 e. The summed E-state index contributed by atoms with van der Waals surface area (Å²) in [7, 11) is 1.86. The summed E-state index contributed by atoms with van der Waals surface area (Å²) in [6.07, 6.45) is 0. The summed E-state index contributed by atoms with van der Waals surface area (Å²) in [5, 5.41) is 0. The van der Waals surface area contributed by atoms with Gasteiger partial charge in [0.05, 0.1) is 0 Å². The Balaban J connectivity index is 2.72. The summed E-state index contributed by atoms with van der Waals surface area (Å²) in [5.41, 5.74) is 2.10. The molecule has 1 aromatic rings. The van der Waals surface area contributed by atoms with Crippen molar-refractivity contribution in [1.29, 1.82) is 0 Å². The van der Waals surface area contributed by atoms with Gasteiger partial charge in [-0.25, -0.2) is 0 Å². The van der Waals surface area contributed by atoms with Crippen molar-refractivity contribution in [3.63, 3.8) is 0 Å². The Kier molecular flexibility index (Phi) is 3.74. The number of aryl methyl sites for hydroxylation is 1. The molecule has 0 radical (unpaired) electrons. The third-order valence-corrected chi connectivity index (χ3v) is 2.49. The first kappa shape index (κ1) is 12.8. The van der Waals surface area contributed by atoms with Crippen LogP contribution >= 0.6 is 0 Å². The molecule has 1 amide bonds. The van der Waals surface area contributed by atoms with E-state index >= 15 is 0 Å². The smallest absolute Gasteiger partial charge is 0.227 e. The molecule has 0 heterocycles. The summed E-state index contributed by atoms with van der Waals surface area (Å²) in [6, 6.07) is 8.26. The molecule has 0 aromatic heterocycles. The molecule has 0 saturated heterocycles. The molecule has 1 rings (SSSR count). The average Bonchev–Trinajstić information content (AvgIpc) is 2.15. The highest BCUT2D eigenvalue weighted by atomic mass is 16.2. The first-order valence-corrected chi connectivity index (χ1v) is 5.62. The van der Waals surface area contributed by atoms with E-state index in [1.165, 1.54) is 11.1 Å². The summed E-state index contributed by atoms with van der Waals surface area (Å²) in [5.74, 6) is 0.175. The Morgan fingerprint density at radius 2 is 1.94 bits per heavy atom. The van der Waals surface area contributed by atoms with E-state index in [1.54, 1.807) is 4.90 Å². The maximum atomic E-state index is 12.0. The number of nitrogens with zero attached hydrogens (tertiary/aromatic N) is 1. The Labute approximate surface area is 98.3 Å². The fourth-order valence-corrected chi connectivity index (χ4v) is 1.73. The van der Waals surface area contributed by atoms with Gasteiger partial charge < -0.3 is 4.90 Å². The normalized spacial score (nSPS) is 11.3. The zero-order valence-corrected chi connectivity index (χ0v) is 10.9. The zero-order valence-electron chi connectivity index (χ0n) is 10.9. The van der Waals surface area contributed by atoms with Crippen molar-refractivity contribution in [2.75, 3.05) is 7.05 Å². The van der Waals surface area contributed by atoms with Crippen LogP contribution in [0.25, 0.3) is 0 Å². The second-order valence-electron chi connectivity index (χ2n) is 5.40. The van der Waals surface area contributed by atoms with Crippen molar-refractivity contribution < 1.29 is 4.79 Å². The number of benzene rings is 1. The molecule has 0 saturated carbocycles. The molecule has 0 atom stereocenters. The SMILES string of the molecule is Cc1cccc(CN(C)C(=O)C(C)(C)C)c1. The van der Waals surface area contributed by atoms with Crippen molar-refractivity contribution in [2.24, 2.45) is 5.41 Å². The largest absolute Gasteiger partial charge is 0.341 e. The third kappa shape index (κ3) is 3.37. The highest BCUT2D eigenvalue weighted by Crippen LogP contribution is 2.18. The molecular formula is C14H21NO. The van der Waals surface area contributed by atoms with Crippen molar-refractivity contribution in [3.8, 4) is 0 Å². The molecule has 2 heteroatoms. The standard InChI is InChI=1S/C14H21NO/c1-11-7-6-8-12(9-11)10-15(5)13(16)14(2,3)4/h6-9H,10H2,1-5H3. The molecule has 0 aliphatic carbocycles. The molecule has 0 fully saturated rings. The summed E-state index contributed by atoms with van der Waals surface area (Å²) in [4.78, 5) is 13.8. The lowest BCUT2D eigenvalue weighted by molar-refractivity contribution is -0.138. The minimum absolute atomic E-state index is 0.175. The lowest BCUT2D eigenvalue weighted by atomic mass is 9.95. The number of rotatable bonds is 2. The number of amides is 1. The van der Waals surface area contributed by atoms with Crippen LogP contribution in [0, 0.1) is 12.3 Å². The Morgan fingerprint density at radius 1 is 1.31 bits per heavy atom. The quantitative estimate of drug-likeness (QED) is 0.748. The van der Waals surface area contributed by atoms with Gasteiger partial charge in [0.25, 0.3) is 0 Å². The molecule has 0 N–H and O–H groups in total. The number of hydrogen-bond acceptors (Lipinski definition) is 1. The van der Waals surface area contributed by atoms with Crippen molar-refractivity contribution in [2.45, 2.75) is 34.2 Å². The zero-order chi connectivity index (χ0) is 12.3. The maximum absolute atomic E-state index is 12.0. The van der Waals surface area contributed by atoms with Gasteiger partial charge in [-0.2, -0.15) is 0 Å². The number of hydrogen-bond donors (Lipinski definition) is 0. The van der Waals surface area contributed by atoms with E-state index in [0.717, 1.165) is 0 Å². The maximum Gasteiger partial charge on any atom is 0.227 e. The molecule has 2 nitrogen and oxygen atoms in total. The first-order valence-electron chi connectivity index (χ1n) is 5.62. The molecule has 88 valence electrons. The van der Waals surface area contributed by atoms with E-state index in [1.807, 2.05) is 33.9 Å². The predicted molar refractivity (Wildman–Crippen MR) is 67.1 cm³/mol.